The number of hydrogen-bond acceptors (Lipinski definition) is 8. The van der Waals surface area contributed by atoms with Gasteiger partial charge in [-0.2, -0.15) is 0 Å². The summed E-state index contributed by atoms with van der Waals surface area (Å²) >= 11 is 0. The van der Waals surface area contributed by atoms with Crippen molar-refractivity contribution in [2.75, 3.05) is 49.8 Å². The van der Waals surface area contributed by atoms with Crippen LogP contribution in [-0.4, -0.2) is 62.8 Å². The molecule has 0 unspecified atom stereocenters. The summed E-state index contributed by atoms with van der Waals surface area (Å²) in [4.78, 5) is 13.3. The van der Waals surface area contributed by atoms with Crippen molar-refractivity contribution in [2.45, 2.75) is 25.7 Å². The second-order valence-corrected chi connectivity index (χ2v) is 5.73. The Morgan fingerprint density at radius 1 is 1.52 bits per heavy atom. The van der Waals surface area contributed by atoms with Gasteiger partial charge in [0.1, 0.15) is 12.7 Å². The molecule has 0 radical (unpaired) electrons. The molecule has 2 aliphatic rings. The molecule has 1 atom stereocenters. The average Bonchev–Trinajstić information content (AvgIpc) is 3.12. The second kappa shape index (κ2) is 6.69. The van der Waals surface area contributed by atoms with Crippen molar-refractivity contribution in [1.29, 1.82) is 0 Å². The van der Waals surface area contributed by atoms with Crippen LogP contribution in [0.2, 0.25) is 0 Å². The van der Waals surface area contributed by atoms with E-state index in [1.165, 1.54) is 4.79 Å². The zero-order valence-corrected chi connectivity index (χ0v) is 13.2. The van der Waals surface area contributed by atoms with Gasteiger partial charge in [-0.25, -0.2) is 4.79 Å². The summed E-state index contributed by atoms with van der Waals surface area (Å²) in [5.74, 6) is -0.440. The maximum absolute atomic E-state index is 11.8. The Bertz CT molecular complexity index is 542. The first-order valence-corrected chi connectivity index (χ1v) is 7.49. The molecular formula is C13H21N4O6+. The molecule has 3 rings (SSSR count). The van der Waals surface area contributed by atoms with Crippen LogP contribution in [-0.2, 0) is 18.9 Å². The van der Waals surface area contributed by atoms with Gasteiger partial charge in [0.05, 0.1) is 37.7 Å². The number of carbonyl (C=O) groups is 1. The molecule has 3 heterocycles. The largest absolute Gasteiger partial charge is 0.446 e. The number of carbonyl (C=O) groups excluding carboxylic acids is 1. The lowest BCUT2D eigenvalue weighted by Gasteiger charge is -2.18. The number of nitrogens with zero attached hydrogens (tertiary/aromatic N) is 3. The Hall–Kier alpha value is -1.91. The third-order valence-corrected chi connectivity index (χ3v) is 3.43. The molecular weight excluding hydrogens is 308 g/mol. The summed E-state index contributed by atoms with van der Waals surface area (Å²) < 4.78 is 26.4. The number of ether oxygens (including phenoxy) is 4. The van der Waals surface area contributed by atoms with Gasteiger partial charge in [-0.05, 0) is 13.8 Å². The normalized spacial score (nSPS) is 23.7. The molecule has 0 aliphatic carbocycles. The number of amides is 1. The highest BCUT2D eigenvalue weighted by Crippen LogP contribution is 2.22. The lowest BCUT2D eigenvalue weighted by atomic mass is 10.4. The fraction of sp³-hybridized carbons (Fsp3) is 0.769. The molecule has 0 spiro atoms. The van der Waals surface area contributed by atoms with E-state index < -0.39 is 11.9 Å². The van der Waals surface area contributed by atoms with Crippen LogP contribution >= 0.6 is 0 Å². The van der Waals surface area contributed by atoms with Crippen LogP contribution in [0.3, 0.4) is 0 Å². The molecule has 2 fully saturated rings. The first-order chi connectivity index (χ1) is 11.0. The summed E-state index contributed by atoms with van der Waals surface area (Å²) in [6.45, 7) is 6.78. The molecule has 0 saturated carbocycles. The van der Waals surface area contributed by atoms with Gasteiger partial charge in [0, 0.05) is 0 Å². The van der Waals surface area contributed by atoms with E-state index in [0.29, 0.717) is 32.9 Å². The van der Waals surface area contributed by atoms with Crippen molar-refractivity contribution in [2.24, 2.45) is 0 Å². The van der Waals surface area contributed by atoms with Crippen LogP contribution in [0.1, 0.15) is 13.8 Å². The SMILES string of the molecule is CC1(C)OC[C@H](COC(=O)Nc2c[n+](N3CCOCC3)no2)O1. The van der Waals surface area contributed by atoms with E-state index in [1.54, 1.807) is 6.20 Å². The van der Waals surface area contributed by atoms with Gasteiger partial charge in [-0.15, -0.1) is 5.01 Å². The second-order valence-electron chi connectivity index (χ2n) is 5.73. The van der Waals surface area contributed by atoms with E-state index >= 15 is 0 Å². The molecule has 0 bridgehead atoms. The number of nitrogens with one attached hydrogen (secondary N) is 1. The smallest absolute Gasteiger partial charge is 0.414 e. The monoisotopic (exact) mass is 329 g/mol. The van der Waals surface area contributed by atoms with E-state index in [-0.39, 0.29) is 18.6 Å². The Labute approximate surface area is 133 Å². The van der Waals surface area contributed by atoms with Crippen molar-refractivity contribution in [1.82, 2.24) is 5.27 Å². The van der Waals surface area contributed by atoms with Crippen LogP contribution in [0.5, 0.6) is 0 Å². The Morgan fingerprint density at radius 2 is 2.30 bits per heavy atom. The summed E-state index contributed by atoms with van der Waals surface area (Å²) in [5, 5.41) is 8.27. The third-order valence-electron chi connectivity index (χ3n) is 3.43. The molecule has 23 heavy (non-hydrogen) atoms. The lowest BCUT2D eigenvalue weighted by Crippen LogP contribution is -2.62. The molecule has 1 amide bonds. The van der Waals surface area contributed by atoms with E-state index in [4.69, 9.17) is 23.5 Å². The molecule has 2 saturated heterocycles. The molecule has 2 aliphatic heterocycles. The number of hydrogen-bond donors (Lipinski definition) is 1. The zero-order valence-electron chi connectivity index (χ0n) is 13.2. The highest BCUT2D eigenvalue weighted by Gasteiger charge is 2.33. The molecule has 0 aromatic carbocycles. The maximum Gasteiger partial charge on any atom is 0.414 e. The zero-order chi connectivity index (χ0) is 16.3. The number of aromatic nitrogens is 2. The van der Waals surface area contributed by atoms with Gasteiger partial charge in [-0.1, -0.05) is 0 Å². The van der Waals surface area contributed by atoms with Gasteiger partial charge >= 0.3 is 12.0 Å². The highest BCUT2D eigenvalue weighted by atomic mass is 16.7. The van der Waals surface area contributed by atoms with E-state index in [0.717, 1.165) is 0 Å². The van der Waals surface area contributed by atoms with Crippen molar-refractivity contribution < 1.29 is 33.1 Å². The number of morpholine rings is 1. The Balaban J connectivity index is 1.44. The summed E-state index contributed by atoms with van der Waals surface area (Å²) in [6.07, 6.45) is 0.664. The van der Waals surface area contributed by atoms with Crippen LogP contribution in [0.4, 0.5) is 10.7 Å². The number of anilines is 1. The predicted molar refractivity (Wildman–Crippen MR) is 75.3 cm³/mol. The van der Waals surface area contributed by atoms with Crippen molar-refractivity contribution in [3.05, 3.63) is 6.20 Å². The minimum atomic E-state index is -0.640. The maximum atomic E-state index is 11.8. The summed E-state index contributed by atoms with van der Waals surface area (Å²) in [6, 6.07) is 0. The molecule has 1 N–H and O–H groups in total. The molecule has 1 aromatic rings. The molecule has 128 valence electrons. The quantitative estimate of drug-likeness (QED) is 0.747. The van der Waals surface area contributed by atoms with Crippen LogP contribution < -0.4 is 15.1 Å². The third kappa shape index (κ3) is 4.30. The van der Waals surface area contributed by atoms with Crippen molar-refractivity contribution in [3.63, 3.8) is 0 Å². The van der Waals surface area contributed by atoms with Crippen LogP contribution in [0.25, 0.3) is 0 Å². The van der Waals surface area contributed by atoms with Gasteiger partial charge < -0.3 is 18.9 Å². The average molecular weight is 329 g/mol. The fourth-order valence-electron chi connectivity index (χ4n) is 2.34. The minimum Gasteiger partial charge on any atom is -0.446 e. The van der Waals surface area contributed by atoms with Gasteiger partial charge in [0.25, 0.3) is 6.20 Å². The van der Waals surface area contributed by atoms with E-state index in [2.05, 4.69) is 10.6 Å². The van der Waals surface area contributed by atoms with Crippen molar-refractivity contribution >= 4 is 12.0 Å². The topological polar surface area (TPSA) is 99.2 Å². The molecule has 1 aromatic heterocycles. The lowest BCUT2D eigenvalue weighted by molar-refractivity contribution is -0.759. The van der Waals surface area contributed by atoms with E-state index in [1.807, 2.05) is 18.9 Å². The molecule has 10 nitrogen and oxygen atoms in total. The number of rotatable bonds is 4. The fourth-order valence-corrected chi connectivity index (χ4v) is 2.34. The Morgan fingerprint density at radius 3 is 3.00 bits per heavy atom. The standard InChI is InChI=1S/C13H20N4O6/c1-13(2)21-9-10(22-13)8-20-12(18)14-11-7-17(15-23-11)16-3-5-19-6-4-16/h7,10H,3-6,8-9H2,1-2H3/p+1/t10-/m0/s1. The minimum absolute atomic E-state index is 0.104. The first-order valence-electron chi connectivity index (χ1n) is 7.49. The Kier molecular flexibility index (Phi) is 4.64. The predicted octanol–water partition coefficient (Wildman–Crippen LogP) is -0.370. The van der Waals surface area contributed by atoms with Gasteiger partial charge in [0.2, 0.25) is 5.27 Å². The van der Waals surface area contributed by atoms with Crippen LogP contribution in [0, 0.1) is 0 Å². The summed E-state index contributed by atoms with van der Waals surface area (Å²) in [7, 11) is 0. The van der Waals surface area contributed by atoms with Crippen LogP contribution in [0.15, 0.2) is 10.7 Å². The summed E-state index contributed by atoms with van der Waals surface area (Å²) in [5.41, 5.74) is 0. The van der Waals surface area contributed by atoms with Gasteiger partial charge in [0.15, 0.2) is 5.79 Å². The van der Waals surface area contributed by atoms with E-state index in [9.17, 15) is 4.79 Å². The first kappa shape index (κ1) is 16.0. The highest BCUT2D eigenvalue weighted by molar-refractivity contribution is 5.82. The van der Waals surface area contributed by atoms with Crippen molar-refractivity contribution in [3.8, 4) is 0 Å². The van der Waals surface area contributed by atoms with Gasteiger partial charge in [-0.3, -0.25) is 9.84 Å². The molecule has 10 heteroatoms.